The number of nitrogens with zero attached hydrogens (tertiary/aromatic N) is 2. The van der Waals surface area contributed by atoms with Crippen LogP contribution in [0.5, 0.6) is 0 Å². The van der Waals surface area contributed by atoms with Crippen molar-refractivity contribution < 1.29 is 9.90 Å². The molecule has 0 radical (unpaired) electrons. The monoisotopic (exact) mass is 264 g/mol. The molecule has 1 aromatic rings. The molecule has 0 bridgehead atoms. The van der Waals surface area contributed by atoms with Gasteiger partial charge in [-0.2, -0.15) is 0 Å². The van der Waals surface area contributed by atoms with E-state index in [9.17, 15) is 9.90 Å². The van der Waals surface area contributed by atoms with Crippen LogP contribution >= 0.6 is 0 Å². The van der Waals surface area contributed by atoms with Crippen molar-refractivity contribution in [3.8, 4) is 0 Å². The van der Waals surface area contributed by atoms with Gasteiger partial charge >= 0.3 is 5.97 Å². The molecule has 0 aliphatic rings. The molecule has 1 rings (SSSR count). The number of anilines is 1. The smallest absolute Gasteiger partial charge is 0.339 e. The van der Waals surface area contributed by atoms with Crippen LogP contribution in [-0.2, 0) is 0 Å². The quantitative estimate of drug-likeness (QED) is 0.781. The number of hydrogen-bond acceptors (Lipinski definition) is 3. The molecule has 0 aliphatic heterocycles. The van der Waals surface area contributed by atoms with Crippen LogP contribution in [0.4, 0.5) is 5.82 Å². The van der Waals surface area contributed by atoms with Crippen LogP contribution in [0.2, 0.25) is 0 Å². The van der Waals surface area contributed by atoms with E-state index in [1.165, 1.54) is 0 Å². The molecule has 0 spiro atoms. The second-order valence-corrected chi connectivity index (χ2v) is 4.82. The number of rotatable bonds is 8. The Hall–Kier alpha value is -1.58. The molecule has 106 valence electrons. The van der Waals surface area contributed by atoms with E-state index in [-0.39, 0.29) is 0 Å². The van der Waals surface area contributed by atoms with Crippen LogP contribution < -0.4 is 4.90 Å². The second kappa shape index (κ2) is 7.77. The number of aromatic carboxylic acids is 1. The van der Waals surface area contributed by atoms with E-state index in [0.29, 0.717) is 11.4 Å². The van der Waals surface area contributed by atoms with Gasteiger partial charge in [0, 0.05) is 18.8 Å². The predicted molar refractivity (Wildman–Crippen MR) is 78.0 cm³/mol. The molecule has 0 aromatic carbocycles. The fraction of sp³-hybridized carbons (Fsp3) is 0.600. The van der Waals surface area contributed by atoms with E-state index in [4.69, 9.17) is 0 Å². The van der Waals surface area contributed by atoms with E-state index in [2.05, 4.69) is 23.7 Å². The van der Waals surface area contributed by atoms with Crippen molar-refractivity contribution in [1.82, 2.24) is 4.98 Å². The summed E-state index contributed by atoms with van der Waals surface area (Å²) in [5, 5.41) is 9.29. The molecule has 4 nitrogen and oxygen atoms in total. The van der Waals surface area contributed by atoms with Gasteiger partial charge in [0.2, 0.25) is 0 Å². The third-order valence-corrected chi connectivity index (χ3v) is 3.11. The van der Waals surface area contributed by atoms with Crippen LogP contribution in [0.25, 0.3) is 0 Å². The molecule has 0 unspecified atom stereocenters. The second-order valence-electron chi connectivity index (χ2n) is 4.82. The summed E-state index contributed by atoms with van der Waals surface area (Å²) in [5.74, 6) is -0.283. The number of carboxylic acid groups (broad SMARTS) is 1. The normalized spacial score (nSPS) is 10.5. The predicted octanol–water partition coefficient (Wildman–Crippen LogP) is 3.49. The molecule has 0 aliphatic carbocycles. The summed E-state index contributed by atoms with van der Waals surface area (Å²) >= 11 is 0. The van der Waals surface area contributed by atoms with Gasteiger partial charge in [-0.05, 0) is 31.9 Å². The number of carboxylic acids is 1. The number of hydrogen-bond donors (Lipinski definition) is 1. The van der Waals surface area contributed by atoms with E-state index in [1.54, 1.807) is 12.1 Å². The van der Waals surface area contributed by atoms with Crippen molar-refractivity contribution in [2.75, 3.05) is 18.0 Å². The fourth-order valence-corrected chi connectivity index (χ4v) is 1.97. The summed E-state index contributed by atoms with van der Waals surface area (Å²) in [6.45, 7) is 7.91. The van der Waals surface area contributed by atoms with Crippen LogP contribution in [0.1, 0.15) is 55.6 Å². The Morgan fingerprint density at radius 2 is 1.79 bits per heavy atom. The van der Waals surface area contributed by atoms with Gasteiger partial charge in [0.05, 0.1) is 0 Å². The van der Waals surface area contributed by atoms with Gasteiger partial charge < -0.3 is 10.0 Å². The number of aromatic nitrogens is 1. The Morgan fingerprint density at radius 1 is 1.21 bits per heavy atom. The minimum Gasteiger partial charge on any atom is -0.478 e. The van der Waals surface area contributed by atoms with Gasteiger partial charge in [0.15, 0.2) is 0 Å². The van der Waals surface area contributed by atoms with Gasteiger partial charge in [-0.25, -0.2) is 9.78 Å². The Kier molecular flexibility index (Phi) is 6.33. The topological polar surface area (TPSA) is 53.4 Å². The summed E-state index contributed by atoms with van der Waals surface area (Å²) in [7, 11) is 0. The molecule has 4 heteroatoms. The molecule has 0 saturated heterocycles. The zero-order valence-corrected chi connectivity index (χ0v) is 12.1. The van der Waals surface area contributed by atoms with E-state index in [1.807, 2.05) is 6.92 Å². The van der Waals surface area contributed by atoms with Crippen LogP contribution in [-0.4, -0.2) is 29.1 Å². The van der Waals surface area contributed by atoms with Crippen LogP contribution in [0.3, 0.4) is 0 Å². The summed E-state index contributed by atoms with van der Waals surface area (Å²) in [6.07, 6.45) is 4.30. The third-order valence-electron chi connectivity index (χ3n) is 3.11. The Balaban J connectivity index is 3.03. The first-order valence-electron chi connectivity index (χ1n) is 7.06. The SMILES string of the molecule is CCCCN(CCCC)c1nc(C)ccc1C(=O)O. The first-order valence-corrected chi connectivity index (χ1v) is 7.06. The third kappa shape index (κ3) is 4.54. The van der Waals surface area contributed by atoms with E-state index < -0.39 is 5.97 Å². The molecule has 0 saturated carbocycles. The first-order chi connectivity index (χ1) is 9.10. The lowest BCUT2D eigenvalue weighted by atomic mass is 10.2. The molecular formula is C15H24N2O2. The van der Waals surface area contributed by atoms with Crippen LogP contribution in [0, 0.1) is 6.92 Å². The van der Waals surface area contributed by atoms with Crippen molar-refractivity contribution in [2.24, 2.45) is 0 Å². The summed E-state index contributed by atoms with van der Waals surface area (Å²) in [4.78, 5) is 17.9. The maximum Gasteiger partial charge on any atom is 0.339 e. The highest BCUT2D eigenvalue weighted by Gasteiger charge is 2.17. The zero-order chi connectivity index (χ0) is 14.3. The maximum absolute atomic E-state index is 11.3. The summed E-state index contributed by atoms with van der Waals surface area (Å²) in [6, 6.07) is 3.41. The molecule has 1 aromatic heterocycles. The summed E-state index contributed by atoms with van der Waals surface area (Å²) in [5.41, 5.74) is 1.16. The fourth-order valence-electron chi connectivity index (χ4n) is 1.97. The summed E-state index contributed by atoms with van der Waals surface area (Å²) < 4.78 is 0. The van der Waals surface area contributed by atoms with Crippen LogP contribution in [0.15, 0.2) is 12.1 Å². The van der Waals surface area contributed by atoms with Crippen molar-refractivity contribution in [1.29, 1.82) is 0 Å². The molecule has 19 heavy (non-hydrogen) atoms. The molecule has 0 fully saturated rings. The van der Waals surface area contributed by atoms with Gasteiger partial charge in [-0.3, -0.25) is 0 Å². The molecular weight excluding hydrogens is 240 g/mol. The average Bonchev–Trinajstić information content (AvgIpc) is 2.38. The Morgan fingerprint density at radius 3 is 2.26 bits per heavy atom. The number of pyridine rings is 1. The molecule has 1 N–H and O–H groups in total. The Bertz CT molecular complexity index is 411. The van der Waals surface area contributed by atoms with Crippen molar-refractivity contribution in [3.05, 3.63) is 23.4 Å². The van der Waals surface area contributed by atoms with Crippen molar-refractivity contribution in [2.45, 2.75) is 46.5 Å². The minimum absolute atomic E-state index is 0.304. The number of aryl methyl sites for hydroxylation is 1. The largest absolute Gasteiger partial charge is 0.478 e. The minimum atomic E-state index is -0.902. The zero-order valence-electron chi connectivity index (χ0n) is 12.1. The molecule has 0 atom stereocenters. The van der Waals surface area contributed by atoms with E-state index >= 15 is 0 Å². The van der Waals surface area contributed by atoms with Crippen molar-refractivity contribution in [3.63, 3.8) is 0 Å². The van der Waals surface area contributed by atoms with Gasteiger partial charge in [0.25, 0.3) is 0 Å². The van der Waals surface area contributed by atoms with Crippen molar-refractivity contribution >= 4 is 11.8 Å². The van der Waals surface area contributed by atoms with Gasteiger partial charge in [0.1, 0.15) is 11.4 Å². The molecule has 1 heterocycles. The van der Waals surface area contributed by atoms with Gasteiger partial charge in [-0.15, -0.1) is 0 Å². The maximum atomic E-state index is 11.3. The highest BCUT2D eigenvalue weighted by atomic mass is 16.4. The lowest BCUT2D eigenvalue weighted by molar-refractivity contribution is 0.0697. The Labute approximate surface area is 115 Å². The molecule has 0 amide bonds. The highest BCUT2D eigenvalue weighted by Crippen LogP contribution is 2.20. The highest BCUT2D eigenvalue weighted by molar-refractivity contribution is 5.93. The lowest BCUT2D eigenvalue weighted by Gasteiger charge is -2.25. The first kappa shape index (κ1) is 15.5. The van der Waals surface area contributed by atoms with E-state index in [0.717, 1.165) is 44.5 Å². The van der Waals surface area contributed by atoms with Gasteiger partial charge in [-0.1, -0.05) is 26.7 Å². The average molecular weight is 264 g/mol. The standard InChI is InChI=1S/C15H24N2O2/c1-4-6-10-17(11-7-5-2)14-13(15(18)19)9-8-12(3)16-14/h8-9H,4-7,10-11H2,1-3H3,(H,18,19). The number of carbonyl (C=O) groups is 1. The number of unbranched alkanes of at least 4 members (excludes halogenated alkanes) is 2. The lowest BCUT2D eigenvalue weighted by Crippen LogP contribution is -2.28.